The molecule has 0 unspecified atom stereocenters. The SMILES string of the molecule is CC(=O)c1ccc(-c2cc(C=O)ccn2)cc1. The standard InChI is InChI=1S/C14H11NO2/c1-10(17)12-2-4-13(5-3-12)14-8-11(9-16)6-7-15-14/h2-9H,1H3. The van der Waals surface area contributed by atoms with Crippen LogP contribution in [-0.2, 0) is 0 Å². The number of benzene rings is 1. The number of carbonyl (C=O) groups is 2. The zero-order chi connectivity index (χ0) is 12.3. The molecule has 0 fully saturated rings. The molecule has 0 saturated carbocycles. The number of nitrogens with zero attached hydrogens (tertiary/aromatic N) is 1. The van der Waals surface area contributed by atoms with E-state index in [-0.39, 0.29) is 5.78 Å². The van der Waals surface area contributed by atoms with Crippen LogP contribution >= 0.6 is 0 Å². The Hall–Kier alpha value is -2.29. The van der Waals surface area contributed by atoms with Crippen molar-refractivity contribution in [2.45, 2.75) is 6.92 Å². The molecule has 1 heterocycles. The summed E-state index contributed by atoms with van der Waals surface area (Å²) in [5.74, 6) is 0.0335. The molecule has 0 amide bonds. The normalized spacial score (nSPS) is 9.94. The van der Waals surface area contributed by atoms with Gasteiger partial charge < -0.3 is 0 Å². The van der Waals surface area contributed by atoms with Gasteiger partial charge in [0.2, 0.25) is 0 Å². The number of ketones is 1. The summed E-state index contributed by atoms with van der Waals surface area (Å²) in [7, 11) is 0. The Labute approximate surface area is 99.1 Å². The molecule has 0 bridgehead atoms. The van der Waals surface area contributed by atoms with E-state index in [0.29, 0.717) is 11.1 Å². The first kappa shape index (κ1) is 11.2. The summed E-state index contributed by atoms with van der Waals surface area (Å²) < 4.78 is 0. The van der Waals surface area contributed by atoms with Crippen LogP contribution in [0.1, 0.15) is 27.6 Å². The smallest absolute Gasteiger partial charge is 0.159 e. The minimum atomic E-state index is 0.0335. The highest BCUT2D eigenvalue weighted by atomic mass is 16.1. The summed E-state index contributed by atoms with van der Waals surface area (Å²) in [6, 6.07) is 10.5. The van der Waals surface area contributed by atoms with Crippen LogP contribution in [0.3, 0.4) is 0 Å². The van der Waals surface area contributed by atoms with Crippen LogP contribution in [0.15, 0.2) is 42.6 Å². The summed E-state index contributed by atoms with van der Waals surface area (Å²) in [5.41, 5.74) is 2.87. The molecule has 17 heavy (non-hydrogen) atoms. The molecule has 3 heteroatoms. The lowest BCUT2D eigenvalue weighted by Crippen LogP contribution is -1.92. The number of aromatic nitrogens is 1. The molecular weight excluding hydrogens is 214 g/mol. The third-order valence-electron chi connectivity index (χ3n) is 2.51. The monoisotopic (exact) mass is 225 g/mol. The molecule has 0 saturated heterocycles. The first-order valence-corrected chi connectivity index (χ1v) is 5.23. The maximum Gasteiger partial charge on any atom is 0.159 e. The minimum absolute atomic E-state index is 0.0335. The van der Waals surface area contributed by atoms with Gasteiger partial charge in [-0.25, -0.2) is 0 Å². The van der Waals surface area contributed by atoms with E-state index < -0.39 is 0 Å². The quantitative estimate of drug-likeness (QED) is 0.596. The van der Waals surface area contributed by atoms with Crippen molar-refractivity contribution < 1.29 is 9.59 Å². The van der Waals surface area contributed by atoms with Gasteiger partial charge in [-0.3, -0.25) is 14.6 Å². The van der Waals surface area contributed by atoms with Crippen molar-refractivity contribution in [3.63, 3.8) is 0 Å². The average molecular weight is 225 g/mol. The van der Waals surface area contributed by atoms with Gasteiger partial charge in [-0.1, -0.05) is 24.3 Å². The second kappa shape index (κ2) is 4.70. The number of Topliss-reactive ketones (excluding diaryl/α,β-unsaturated/α-hetero) is 1. The molecule has 0 N–H and O–H groups in total. The van der Waals surface area contributed by atoms with Gasteiger partial charge >= 0.3 is 0 Å². The molecule has 1 aromatic heterocycles. The summed E-state index contributed by atoms with van der Waals surface area (Å²) in [6.07, 6.45) is 2.38. The van der Waals surface area contributed by atoms with Gasteiger partial charge in [0.05, 0.1) is 5.69 Å². The van der Waals surface area contributed by atoms with Gasteiger partial charge in [-0.2, -0.15) is 0 Å². The molecule has 0 atom stereocenters. The van der Waals surface area contributed by atoms with Gasteiger partial charge in [-0.15, -0.1) is 0 Å². The van der Waals surface area contributed by atoms with E-state index in [9.17, 15) is 9.59 Å². The number of pyridine rings is 1. The van der Waals surface area contributed by atoms with Gasteiger partial charge in [0, 0.05) is 22.9 Å². The van der Waals surface area contributed by atoms with E-state index >= 15 is 0 Å². The second-order valence-electron chi connectivity index (χ2n) is 3.73. The number of carbonyl (C=O) groups excluding carboxylic acids is 2. The van der Waals surface area contributed by atoms with Gasteiger partial charge in [0.1, 0.15) is 6.29 Å². The Morgan fingerprint density at radius 1 is 1.18 bits per heavy atom. The van der Waals surface area contributed by atoms with Crippen molar-refractivity contribution in [1.29, 1.82) is 0 Å². The fourth-order valence-corrected chi connectivity index (χ4v) is 1.55. The highest BCUT2D eigenvalue weighted by Gasteiger charge is 2.02. The number of hydrogen-bond donors (Lipinski definition) is 0. The predicted octanol–water partition coefficient (Wildman–Crippen LogP) is 2.76. The van der Waals surface area contributed by atoms with E-state index in [0.717, 1.165) is 17.5 Å². The Morgan fingerprint density at radius 2 is 1.88 bits per heavy atom. The first-order chi connectivity index (χ1) is 8.20. The predicted molar refractivity (Wildman–Crippen MR) is 65.1 cm³/mol. The molecule has 3 nitrogen and oxygen atoms in total. The lowest BCUT2D eigenvalue weighted by molar-refractivity contribution is 0.101. The van der Waals surface area contributed by atoms with Crippen LogP contribution < -0.4 is 0 Å². The third-order valence-corrected chi connectivity index (χ3v) is 2.51. The van der Waals surface area contributed by atoms with Crippen LogP contribution in [0.5, 0.6) is 0 Å². The van der Waals surface area contributed by atoms with Crippen LogP contribution in [-0.4, -0.2) is 17.1 Å². The Morgan fingerprint density at radius 3 is 2.47 bits per heavy atom. The van der Waals surface area contributed by atoms with Crippen LogP contribution in [0.25, 0.3) is 11.3 Å². The van der Waals surface area contributed by atoms with E-state index in [1.54, 1.807) is 30.5 Å². The summed E-state index contributed by atoms with van der Waals surface area (Å²) in [6.45, 7) is 1.53. The van der Waals surface area contributed by atoms with Crippen LogP contribution in [0.4, 0.5) is 0 Å². The van der Waals surface area contributed by atoms with E-state index in [4.69, 9.17) is 0 Å². The van der Waals surface area contributed by atoms with Crippen molar-refractivity contribution in [3.05, 3.63) is 53.7 Å². The molecule has 2 aromatic rings. The van der Waals surface area contributed by atoms with Gasteiger partial charge in [0.15, 0.2) is 5.78 Å². The minimum Gasteiger partial charge on any atom is -0.298 e. The van der Waals surface area contributed by atoms with Gasteiger partial charge in [-0.05, 0) is 19.1 Å². The number of hydrogen-bond acceptors (Lipinski definition) is 3. The number of aldehydes is 1. The Bertz CT molecular complexity index is 559. The van der Waals surface area contributed by atoms with Crippen molar-refractivity contribution in [3.8, 4) is 11.3 Å². The average Bonchev–Trinajstić information content (AvgIpc) is 2.39. The molecule has 0 spiro atoms. The highest BCUT2D eigenvalue weighted by Crippen LogP contribution is 2.18. The van der Waals surface area contributed by atoms with Gasteiger partial charge in [0.25, 0.3) is 0 Å². The molecule has 84 valence electrons. The summed E-state index contributed by atoms with van der Waals surface area (Å²) >= 11 is 0. The van der Waals surface area contributed by atoms with E-state index in [2.05, 4.69) is 4.98 Å². The number of rotatable bonds is 3. The molecule has 1 aromatic carbocycles. The maximum atomic E-state index is 11.1. The lowest BCUT2D eigenvalue weighted by atomic mass is 10.1. The molecule has 0 aliphatic carbocycles. The Kier molecular flexibility index (Phi) is 3.10. The van der Waals surface area contributed by atoms with Crippen molar-refractivity contribution >= 4 is 12.1 Å². The molecule has 0 aliphatic rings. The zero-order valence-electron chi connectivity index (χ0n) is 9.38. The van der Waals surface area contributed by atoms with E-state index in [1.165, 1.54) is 6.92 Å². The largest absolute Gasteiger partial charge is 0.298 e. The molecular formula is C14H11NO2. The Balaban J connectivity index is 2.39. The summed E-state index contributed by atoms with van der Waals surface area (Å²) in [4.78, 5) is 26.0. The van der Waals surface area contributed by atoms with Crippen molar-refractivity contribution in [2.75, 3.05) is 0 Å². The second-order valence-corrected chi connectivity index (χ2v) is 3.73. The maximum absolute atomic E-state index is 11.1. The highest BCUT2D eigenvalue weighted by molar-refractivity contribution is 5.94. The zero-order valence-corrected chi connectivity index (χ0v) is 9.38. The van der Waals surface area contributed by atoms with Crippen molar-refractivity contribution in [2.24, 2.45) is 0 Å². The van der Waals surface area contributed by atoms with Crippen molar-refractivity contribution in [1.82, 2.24) is 4.98 Å². The van der Waals surface area contributed by atoms with Crippen LogP contribution in [0.2, 0.25) is 0 Å². The first-order valence-electron chi connectivity index (χ1n) is 5.23. The molecule has 2 rings (SSSR count). The molecule has 0 radical (unpaired) electrons. The third kappa shape index (κ3) is 2.45. The lowest BCUT2D eigenvalue weighted by Gasteiger charge is -2.02. The topological polar surface area (TPSA) is 47.0 Å². The van der Waals surface area contributed by atoms with E-state index in [1.807, 2.05) is 12.1 Å². The molecule has 0 aliphatic heterocycles. The fourth-order valence-electron chi connectivity index (χ4n) is 1.55. The fraction of sp³-hybridized carbons (Fsp3) is 0.0714. The summed E-state index contributed by atoms with van der Waals surface area (Å²) in [5, 5.41) is 0. The van der Waals surface area contributed by atoms with Crippen LogP contribution in [0, 0.1) is 0 Å².